The number of rotatable bonds is 6. The SMILES string of the molecule is CN(Cc1ccccc1O)[C@@H]1CCCC[C@H]1N(C)Cc1ccccc1O. The molecule has 2 atom stereocenters. The van der Waals surface area contributed by atoms with E-state index in [1.165, 1.54) is 25.7 Å². The smallest absolute Gasteiger partial charge is 0.120 e. The van der Waals surface area contributed by atoms with E-state index in [-0.39, 0.29) is 0 Å². The molecule has 2 N–H and O–H groups in total. The molecular formula is C22H30N2O2. The van der Waals surface area contributed by atoms with Crippen molar-refractivity contribution < 1.29 is 10.2 Å². The van der Waals surface area contributed by atoms with Crippen molar-refractivity contribution in [2.24, 2.45) is 0 Å². The molecule has 0 aliphatic heterocycles. The molecule has 4 heteroatoms. The van der Waals surface area contributed by atoms with Crippen molar-refractivity contribution in [2.75, 3.05) is 14.1 Å². The Morgan fingerprint density at radius 3 is 1.50 bits per heavy atom. The number of aromatic hydroxyl groups is 2. The zero-order valence-electron chi connectivity index (χ0n) is 15.8. The quantitative estimate of drug-likeness (QED) is 0.824. The second-order valence-electron chi connectivity index (χ2n) is 7.51. The van der Waals surface area contributed by atoms with Crippen LogP contribution in [0.1, 0.15) is 36.8 Å². The van der Waals surface area contributed by atoms with Gasteiger partial charge in [-0.2, -0.15) is 0 Å². The Hall–Kier alpha value is -2.04. The third-order valence-corrected chi connectivity index (χ3v) is 5.65. The second kappa shape index (κ2) is 8.56. The standard InChI is InChI=1S/C22H30N2O2/c1-23(15-17-9-3-7-13-21(17)25)19-11-5-6-12-20(19)24(2)16-18-10-4-8-14-22(18)26/h3-4,7-10,13-14,19-20,25-26H,5-6,11-12,15-16H2,1-2H3/t19-,20-/m1/s1. The van der Waals surface area contributed by atoms with E-state index >= 15 is 0 Å². The number of nitrogens with zero attached hydrogens (tertiary/aromatic N) is 2. The van der Waals surface area contributed by atoms with E-state index in [1.807, 2.05) is 36.4 Å². The molecule has 26 heavy (non-hydrogen) atoms. The first-order valence-electron chi connectivity index (χ1n) is 9.50. The second-order valence-corrected chi connectivity index (χ2v) is 7.51. The van der Waals surface area contributed by atoms with Gasteiger partial charge in [0, 0.05) is 36.3 Å². The molecule has 0 bridgehead atoms. The molecule has 0 aromatic heterocycles. The van der Waals surface area contributed by atoms with Gasteiger partial charge < -0.3 is 10.2 Å². The van der Waals surface area contributed by atoms with Crippen LogP contribution in [0.5, 0.6) is 11.5 Å². The van der Waals surface area contributed by atoms with Gasteiger partial charge in [-0.25, -0.2) is 0 Å². The minimum absolute atomic E-state index is 0.370. The summed E-state index contributed by atoms with van der Waals surface area (Å²) < 4.78 is 0. The first-order chi connectivity index (χ1) is 12.6. The van der Waals surface area contributed by atoms with Crippen molar-refractivity contribution in [3.8, 4) is 11.5 Å². The van der Waals surface area contributed by atoms with Crippen LogP contribution in [0.15, 0.2) is 48.5 Å². The Balaban J connectivity index is 1.70. The molecule has 2 aromatic rings. The van der Waals surface area contributed by atoms with Crippen molar-refractivity contribution in [2.45, 2.75) is 50.9 Å². The molecule has 0 heterocycles. The number of hydrogen-bond donors (Lipinski definition) is 2. The number of para-hydroxylation sites is 2. The topological polar surface area (TPSA) is 46.9 Å². The van der Waals surface area contributed by atoms with Crippen LogP contribution in [0.4, 0.5) is 0 Å². The molecule has 1 saturated carbocycles. The fourth-order valence-electron chi connectivity index (χ4n) is 4.18. The molecule has 0 unspecified atom stereocenters. The van der Waals surface area contributed by atoms with E-state index in [0.29, 0.717) is 23.6 Å². The maximum atomic E-state index is 10.1. The van der Waals surface area contributed by atoms with Crippen molar-refractivity contribution in [3.05, 3.63) is 59.7 Å². The third kappa shape index (κ3) is 4.37. The predicted molar refractivity (Wildman–Crippen MR) is 105 cm³/mol. The number of phenolic OH excluding ortho intramolecular Hbond substituents is 2. The normalized spacial score (nSPS) is 20.6. The van der Waals surface area contributed by atoms with Crippen LogP contribution in [-0.4, -0.2) is 46.2 Å². The molecular weight excluding hydrogens is 324 g/mol. The lowest BCUT2D eigenvalue weighted by Crippen LogP contribution is -2.50. The third-order valence-electron chi connectivity index (χ3n) is 5.65. The van der Waals surface area contributed by atoms with Gasteiger partial charge in [-0.05, 0) is 39.1 Å². The Bertz CT molecular complexity index is 657. The molecule has 1 aliphatic rings. The number of phenols is 2. The molecule has 0 saturated heterocycles. The fourth-order valence-corrected chi connectivity index (χ4v) is 4.18. The first kappa shape index (κ1) is 18.7. The van der Waals surface area contributed by atoms with Gasteiger partial charge >= 0.3 is 0 Å². The van der Waals surface area contributed by atoms with E-state index < -0.39 is 0 Å². The fraction of sp³-hybridized carbons (Fsp3) is 0.455. The van der Waals surface area contributed by atoms with Gasteiger partial charge in [0.2, 0.25) is 0 Å². The molecule has 1 fully saturated rings. The van der Waals surface area contributed by atoms with E-state index in [9.17, 15) is 10.2 Å². The summed E-state index contributed by atoms with van der Waals surface area (Å²) in [6, 6.07) is 16.1. The van der Waals surface area contributed by atoms with E-state index in [1.54, 1.807) is 12.1 Å². The Kier molecular flexibility index (Phi) is 6.17. The van der Waals surface area contributed by atoms with Crippen LogP contribution in [0.2, 0.25) is 0 Å². The lowest BCUT2D eigenvalue weighted by molar-refractivity contribution is 0.0685. The van der Waals surface area contributed by atoms with Crippen molar-refractivity contribution in [1.29, 1.82) is 0 Å². The summed E-state index contributed by atoms with van der Waals surface area (Å²) in [4.78, 5) is 4.75. The summed E-state index contributed by atoms with van der Waals surface area (Å²) in [5.74, 6) is 0.739. The summed E-state index contributed by atoms with van der Waals surface area (Å²) in [5.41, 5.74) is 1.95. The molecule has 1 aliphatic carbocycles. The Morgan fingerprint density at radius 1 is 0.731 bits per heavy atom. The molecule has 0 amide bonds. The average molecular weight is 354 g/mol. The average Bonchev–Trinajstić information content (AvgIpc) is 2.65. The highest BCUT2D eigenvalue weighted by molar-refractivity contribution is 5.32. The first-order valence-corrected chi connectivity index (χ1v) is 9.50. The highest BCUT2D eigenvalue weighted by atomic mass is 16.3. The van der Waals surface area contributed by atoms with Crippen LogP contribution in [0.3, 0.4) is 0 Å². The molecule has 140 valence electrons. The maximum absolute atomic E-state index is 10.1. The lowest BCUT2D eigenvalue weighted by atomic mass is 9.88. The minimum Gasteiger partial charge on any atom is -0.508 e. The van der Waals surface area contributed by atoms with Crippen molar-refractivity contribution in [3.63, 3.8) is 0 Å². The summed E-state index contributed by atoms with van der Waals surface area (Å²) in [5, 5.41) is 20.2. The minimum atomic E-state index is 0.370. The van der Waals surface area contributed by atoms with Crippen LogP contribution < -0.4 is 0 Å². The molecule has 0 spiro atoms. The molecule has 2 aromatic carbocycles. The lowest BCUT2D eigenvalue weighted by Gasteiger charge is -2.42. The van der Waals surface area contributed by atoms with Gasteiger partial charge in [0.15, 0.2) is 0 Å². The van der Waals surface area contributed by atoms with Gasteiger partial charge in [0.1, 0.15) is 11.5 Å². The van der Waals surface area contributed by atoms with Crippen LogP contribution >= 0.6 is 0 Å². The van der Waals surface area contributed by atoms with Crippen LogP contribution in [-0.2, 0) is 13.1 Å². The number of hydrogen-bond acceptors (Lipinski definition) is 4. The maximum Gasteiger partial charge on any atom is 0.120 e. The van der Waals surface area contributed by atoms with E-state index in [2.05, 4.69) is 23.9 Å². The van der Waals surface area contributed by atoms with Crippen molar-refractivity contribution in [1.82, 2.24) is 9.80 Å². The highest BCUT2D eigenvalue weighted by Gasteiger charge is 2.31. The van der Waals surface area contributed by atoms with Gasteiger partial charge in [-0.3, -0.25) is 9.80 Å². The van der Waals surface area contributed by atoms with Crippen molar-refractivity contribution >= 4 is 0 Å². The number of likely N-dealkylation sites (N-methyl/N-ethyl adjacent to an activating group) is 2. The van der Waals surface area contributed by atoms with E-state index in [0.717, 1.165) is 24.2 Å². The highest BCUT2D eigenvalue weighted by Crippen LogP contribution is 2.30. The largest absolute Gasteiger partial charge is 0.508 e. The Labute approximate surface area is 156 Å². The Morgan fingerprint density at radius 2 is 1.12 bits per heavy atom. The summed E-state index contributed by atoms with van der Waals surface area (Å²) in [6.07, 6.45) is 4.83. The van der Waals surface area contributed by atoms with Gasteiger partial charge in [-0.15, -0.1) is 0 Å². The monoisotopic (exact) mass is 354 g/mol. The van der Waals surface area contributed by atoms with Gasteiger partial charge in [0.05, 0.1) is 0 Å². The van der Waals surface area contributed by atoms with Gasteiger partial charge in [-0.1, -0.05) is 49.2 Å². The summed E-state index contributed by atoms with van der Waals surface area (Å²) in [6.45, 7) is 1.50. The number of benzene rings is 2. The van der Waals surface area contributed by atoms with Gasteiger partial charge in [0.25, 0.3) is 0 Å². The summed E-state index contributed by atoms with van der Waals surface area (Å²) in [7, 11) is 4.31. The molecule has 4 nitrogen and oxygen atoms in total. The summed E-state index contributed by atoms with van der Waals surface area (Å²) >= 11 is 0. The van der Waals surface area contributed by atoms with E-state index in [4.69, 9.17) is 0 Å². The van der Waals surface area contributed by atoms with Crippen LogP contribution in [0.25, 0.3) is 0 Å². The zero-order chi connectivity index (χ0) is 18.5. The van der Waals surface area contributed by atoms with Crippen LogP contribution in [0, 0.1) is 0 Å². The predicted octanol–water partition coefficient (Wildman–Crippen LogP) is 3.97. The zero-order valence-corrected chi connectivity index (χ0v) is 15.8. The molecule has 0 radical (unpaired) electrons. The molecule has 3 rings (SSSR count).